The summed E-state index contributed by atoms with van der Waals surface area (Å²) >= 11 is 0. The normalized spacial score (nSPS) is 18.1. The largest absolute Gasteiger partial charge is 0.497 e. The van der Waals surface area contributed by atoms with Crippen LogP contribution in [0.1, 0.15) is 18.0 Å². The molecule has 3 rings (SSSR count). The molecule has 1 aliphatic heterocycles. The number of carbonyl (C=O) groups is 1. The van der Waals surface area contributed by atoms with Crippen LogP contribution in [0, 0.1) is 0 Å². The van der Waals surface area contributed by atoms with E-state index >= 15 is 0 Å². The summed E-state index contributed by atoms with van der Waals surface area (Å²) in [7, 11) is -0.965. The number of nitrogens with zero attached hydrogens (tertiary/aromatic N) is 1. The molecule has 1 heterocycles. The zero-order valence-electron chi connectivity index (χ0n) is 13.3. The van der Waals surface area contributed by atoms with Crippen molar-refractivity contribution in [1.82, 2.24) is 0 Å². The number of hydrogen-bond donors (Lipinski definition) is 0. The summed E-state index contributed by atoms with van der Waals surface area (Å²) in [6, 6.07) is 12.8. The number of hydrogen-bond acceptors (Lipinski definition) is 5. The third kappa shape index (κ3) is 2.60. The lowest BCUT2D eigenvalue weighted by molar-refractivity contribution is -0.141. The molecular formula is C17H17NO5S. The molecule has 0 fully saturated rings. The third-order valence-corrected chi connectivity index (χ3v) is 5.91. The lowest BCUT2D eigenvalue weighted by atomic mass is 10.0. The number of para-hydroxylation sites is 1. The zero-order chi connectivity index (χ0) is 17.3. The molecule has 24 heavy (non-hydrogen) atoms. The van der Waals surface area contributed by atoms with Crippen LogP contribution in [0.25, 0.3) is 0 Å². The minimum atomic E-state index is -3.76. The fourth-order valence-electron chi connectivity index (χ4n) is 2.88. The number of methoxy groups -OCH3 is 2. The van der Waals surface area contributed by atoms with Crippen LogP contribution in [0.4, 0.5) is 5.69 Å². The number of anilines is 1. The molecule has 1 aliphatic rings. The number of sulfonamides is 1. The second-order valence-electron chi connectivity index (χ2n) is 5.34. The van der Waals surface area contributed by atoms with Crippen LogP contribution in [0.15, 0.2) is 53.4 Å². The van der Waals surface area contributed by atoms with Crippen LogP contribution in [0.5, 0.6) is 5.75 Å². The molecule has 0 radical (unpaired) electrons. The van der Waals surface area contributed by atoms with Crippen molar-refractivity contribution in [2.45, 2.75) is 17.4 Å². The molecule has 0 spiro atoms. The van der Waals surface area contributed by atoms with Crippen molar-refractivity contribution in [3.8, 4) is 5.75 Å². The van der Waals surface area contributed by atoms with E-state index in [1.807, 2.05) is 0 Å². The van der Waals surface area contributed by atoms with Crippen LogP contribution in [-0.4, -0.2) is 28.6 Å². The first-order chi connectivity index (χ1) is 11.5. The SMILES string of the molecule is COC(=O)CC1c2cc(OC)ccc2S(=O)(=O)N1c1ccccc1. The molecule has 1 unspecified atom stereocenters. The molecule has 0 bridgehead atoms. The molecule has 2 aromatic carbocycles. The van der Waals surface area contributed by atoms with E-state index in [2.05, 4.69) is 0 Å². The van der Waals surface area contributed by atoms with Gasteiger partial charge in [-0.2, -0.15) is 0 Å². The predicted molar refractivity (Wildman–Crippen MR) is 88.5 cm³/mol. The van der Waals surface area contributed by atoms with Gasteiger partial charge < -0.3 is 9.47 Å². The van der Waals surface area contributed by atoms with Crippen LogP contribution >= 0.6 is 0 Å². The summed E-state index contributed by atoms with van der Waals surface area (Å²) in [5, 5.41) is 0. The maximum absolute atomic E-state index is 13.0. The fraction of sp³-hybridized carbons (Fsp3) is 0.235. The van der Waals surface area contributed by atoms with Crippen molar-refractivity contribution in [3.05, 3.63) is 54.1 Å². The highest BCUT2D eigenvalue weighted by atomic mass is 32.2. The van der Waals surface area contributed by atoms with Gasteiger partial charge in [0, 0.05) is 5.56 Å². The van der Waals surface area contributed by atoms with E-state index in [9.17, 15) is 13.2 Å². The third-order valence-electron chi connectivity index (χ3n) is 3.99. The van der Waals surface area contributed by atoms with Crippen molar-refractivity contribution in [1.29, 1.82) is 0 Å². The molecule has 126 valence electrons. The lowest BCUT2D eigenvalue weighted by Gasteiger charge is -2.25. The lowest BCUT2D eigenvalue weighted by Crippen LogP contribution is -2.29. The molecule has 7 heteroatoms. The van der Waals surface area contributed by atoms with Gasteiger partial charge in [-0.15, -0.1) is 0 Å². The van der Waals surface area contributed by atoms with Gasteiger partial charge in [0.15, 0.2) is 0 Å². The maximum Gasteiger partial charge on any atom is 0.307 e. The van der Waals surface area contributed by atoms with E-state index in [-0.39, 0.29) is 11.3 Å². The van der Waals surface area contributed by atoms with Crippen molar-refractivity contribution in [3.63, 3.8) is 0 Å². The average molecular weight is 347 g/mol. The second kappa shape index (κ2) is 6.16. The molecule has 0 amide bonds. The van der Waals surface area contributed by atoms with Gasteiger partial charge in [0.25, 0.3) is 10.0 Å². The quantitative estimate of drug-likeness (QED) is 0.795. The summed E-state index contributed by atoms with van der Waals surface area (Å²) in [5.41, 5.74) is 1.03. The number of ether oxygens (including phenoxy) is 2. The Morgan fingerprint density at radius 2 is 1.83 bits per heavy atom. The zero-order valence-corrected chi connectivity index (χ0v) is 14.1. The summed E-state index contributed by atoms with van der Waals surface area (Å²) in [6.07, 6.45) is -0.0786. The monoisotopic (exact) mass is 347 g/mol. The van der Waals surface area contributed by atoms with E-state index in [0.717, 1.165) is 0 Å². The van der Waals surface area contributed by atoms with E-state index < -0.39 is 22.0 Å². The van der Waals surface area contributed by atoms with Gasteiger partial charge in [-0.05, 0) is 30.3 Å². The fourth-order valence-corrected chi connectivity index (χ4v) is 4.74. The highest BCUT2D eigenvalue weighted by Gasteiger charge is 2.44. The maximum atomic E-state index is 13.0. The molecule has 0 saturated carbocycles. The summed E-state index contributed by atoms with van der Waals surface area (Å²) in [4.78, 5) is 12.0. The Bertz CT molecular complexity index is 864. The van der Waals surface area contributed by atoms with E-state index in [4.69, 9.17) is 9.47 Å². The Kier molecular flexibility index (Phi) is 4.19. The van der Waals surface area contributed by atoms with Crippen LogP contribution in [0.2, 0.25) is 0 Å². The molecule has 0 aromatic heterocycles. The van der Waals surface area contributed by atoms with Gasteiger partial charge >= 0.3 is 5.97 Å². The Morgan fingerprint density at radius 1 is 1.12 bits per heavy atom. The Labute approximate surface area is 140 Å². The van der Waals surface area contributed by atoms with Gasteiger partial charge in [-0.25, -0.2) is 8.42 Å². The van der Waals surface area contributed by atoms with Gasteiger partial charge in [0.2, 0.25) is 0 Å². The minimum absolute atomic E-state index is 0.0786. The molecule has 1 atom stereocenters. The summed E-state index contributed by atoms with van der Waals surface area (Å²) < 4.78 is 37.2. The van der Waals surface area contributed by atoms with Gasteiger partial charge in [0.1, 0.15) is 5.75 Å². The van der Waals surface area contributed by atoms with E-state index in [1.54, 1.807) is 42.5 Å². The molecule has 6 nitrogen and oxygen atoms in total. The minimum Gasteiger partial charge on any atom is -0.497 e. The molecule has 2 aromatic rings. The predicted octanol–water partition coefficient (Wildman–Crippen LogP) is 2.51. The Hall–Kier alpha value is -2.54. The second-order valence-corrected chi connectivity index (χ2v) is 7.12. The number of fused-ring (bicyclic) bond motifs is 1. The van der Waals surface area contributed by atoms with Crippen LogP contribution in [-0.2, 0) is 19.6 Å². The van der Waals surface area contributed by atoms with Crippen molar-refractivity contribution < 1.29 is 22.7 Å². The smallest absolute Gasteiger partial charge is 0.307 e. The van der Waals surface area contributed by atoms with Crippen LogP contribution in [0.3, 0.4) is 0 Å². The molecule has 0 saturated heterocycles. The number of carbonyl (C=O) groups excluding carboxylic acids is 1. The average Bonchev–Trinajstić information content (AvgIpc) is 2.82. The highest BCUT2D eigenvalue weighted by Crippen LogP contribution is 2.45. The van der Waals surface area contributed by atoms with Gasteiger partial charge in [-0.1, -0.05) is 18.2 Å². The number of esters is 1. The highest BCUT2D eigenvalue weighted by molar-refractivity contribution is 7.93. The van der Waals surface area contributed by atoms with Crippen molar-refractivity contribution in [2.24, 2.45) is 0 Å². The van der Waals surface area contributed by atoms with Gasteiger partial charge in [-0.3, -0.25) is 9.10 Å². The van der Waals surface area contributed by atoms with Crippen molar-refractivity contribution in [2.75, 3.05) is 18.5 Å². The van der Waals surface area contributed by atoms with Crippen molar-refractivity contribution >= 4 is 21.7 Å². The first kappa shape index (κ1) is 16.3. The van der Waals surface area contributed by atoms with E-state index in [0.29, 0.717) is 17.0 Å². The molecular weight excluding hydrogens is 330 g/mol. The molecule has 0 N–H and O–H groups in total. The topological polar surface area (TPSA) is 72.9 Å². The number of benzene rings is 2. The summed E-state index contributed by atoms with van der Waals surface area (Å²) in [5.74, 6) is 0.0560. The van der Waals surface area contributed by atoms with E-state index in [1.165, 1.54) is 24.6 Å². The first-order valence-corrected chi connectivity index (χ1v) is 8.77. The number of rotatable bonds is 4. The first-order valence-electron chi connectivity index (χ1n) is 7.33. The van der Waals surface area contributed by atoms with Crippen LogP contribution < -0.4 is 9.04 Å². The molecule has 0 aliphatic carbocycles. The Balaban J connectivity index is 2.18. The standard InChI is InChI=1S/C17H17NO5S/c1-22-13-8-9-16-14(10-13)15(11-17(19)23-2)18(24(16,20)21)12-6-4-3-5-7-12/h3-10,15H,11H2,1-2H3. The van der Waals surface area contributed by atoms with Gasteiger partial charge in [0.05, 0.1) is 37.3 Å². The Morgan fingerprint density at radius 3 is 2.46 bits per heavy atom. The summed E-state index contributed by atoms with van der Waals surface area (Å²) in [6.45, 7) is 0.